The maximum atomic E-state index is 11.5. The van der Waals surface area contributed by atoms with Gasteiger partial charge in [0.15, 0.2) is 0 Å². The summed E-state index contributed by atoms with van der Waals surface area (Å²) < 4.78 is 34.5. The van der Waals surface area contributed by atoms with Crippen LogP contribution in [0.3, 0.4) is 0 Å². The second kappa shape index (κ2) is 3.59. The monoisotopic (exact) mass is 170 g/mol. The normalized spacial score (nSPS) is 14.5. The molecule has 0 aromatic heterocycles. The van der Waals surface area contributed by atoms with Gasteiger partial charge in [-0.15, -0.1) is 0 Å². The van der Waals surface area contributed by atoms with Crippen LogP contribution in [0.2, 0.25) is 0 Å². The average Bonchev–Trinajstić information content (AvgIpc) is 1.80. The molecule has 0 heterocycles. The number of halogens is 3. The van der Waals surface area contributed by atoms with Gasteiger partial charge in [-0.1, -0.05) is 6.92 Å². The van der Waals surface area contributed by atoms with Crippen molar-refractivity contribution in [1.82, 2.24) is 0 Å². The molecule has 66 valence electrons. The standard InChI is InChI=1S/C6H9F3O2/c1-4(5(10)11)2-3-6(7,8)9/h4H,2-3H2,1H3,(H,10,11)/t4-/m1/s1. The van der Waals surface area contributed by atoms with Gasteiger partial charge in [0.1, 0.15) is 0 Å². The fourth-order valence-corrected chi connectivity index (χ4v) is 0.504. The number of alkyl halides is 3. The molecule has 0 saturated heterocycles. The molecule has 0 fully saturated rings. The minimum absolute atomic E-state index is 0.348. The van der Waals surface area contributed by atoms with Crippen LogP contribution in [0.25, 0.3) is 0 Å². The third-order valence-electron chi connectivity index (χ3n) is 1.28. The molecule has 0 aliphatic rings. The fourth-order valence-electron chi connectivity index (χ4n) is 0.504. The first-order chi connectivity index (χ1) is 4.83. The summed E-state index contributed by atoms with van der Waals surface area (Å²) in [7, 11) is 0. The van der Waals surface area contributed by atoms with Crippen molar-refractivity contribution in [2.75, 3.05) is 0 Å². The molecule has 0 saturated carbocycles. The van der Waals surface area contributed by atoms with Crippen molar-refractivity contribution >= 4 is 5.97 Å². The SMILES string of the molecule is C[C@H](CCC(F)(F)F)C(=O)O. The van der Waals surface area contributed by atoms with Gasteiger partial charge >= 0.3 is 12.1 Å². The summed E-state index contributed by atoms with van der Waals surface area (Å²) in [5.74, 6) is -2.11. The van der Waals surface area contributed by atoms with Crippen molar-refractivity contribution in [2.24, 2.45) is 5.92 Å². The number of carboxylic acid groups (broad SMARTS) is 1. The van der Waals surface area contributed by atoms with E-state index in [0.29, 0.717) is 0 Å². The first-order valence-corrected chi connectivity index (χ1v) is 3.12. The van der Waals surface area contributed by atoms with Gasteiger partial charge in [-0.3, -0.25) is 4.79 Å². The van der Waals surface area contributed by atoms with Crippen molar-refractivity contribution < 1.29 is 23.1 Å². The summed E-state index contributed by atoms with van der Waals surface area (Å²) in [5, 5.41) is 8.21. The molecule has 0 spiro atoms. The summed E-state index contributed by atoms with van der Waals surface area (Å²) in [6, 6.07) is 0. The summed E-state index contributed by atoms with van der Waals surface area (Å²) >= 11 is 0. The third-order valence-corrected chi connectivity index (χ3v) is 1.28. The molecule has 0 aliphatic heterocycles. The maximum Gasteiger partial charge on any atom is 0.389 e. The highest BCUT2D eigenvalue weighted by Gasteiger charge is 2.28. The minimum Gasteiger partial charge on any atom is -0.481 e. The number of hydrogen-bond acceptors (Lipinski definition) is 1. The van der Waals surface area contributed by atoms with Crippen LogP contribution in [0.5, 0.6) is 0 Å². The molecule has 0 bridgehead atoms. The van der Waals surface area contributed by atoms with E-state index in [1.165, 1.54) is 6.92 Å². The molecule has 5 heteroatoms. The molecule has 0 rings (SSSR count). The molecule has 11 heavy (non-hydrogen) atoms. The highest BCUT2D eigenvalue weighted by molar-refractivity contribution is 5.69. The smallest absolute Gasteiger partial charge is 0.389 e. The Kier molecular flexibility index (Phi) is 3.35. The van der Waals surface area contributed by atoms with E-state index in [0.717, 1.165) is 0 Å². The third kappa shape index (κ3) is 5.69. The molecule has 0 unspecified atom stereocenters. The van der Waals surface area contributed by atoms with Crippen LogP contribution < -0.4 is 0 Å². The fraction of sp³-hybridized carbons (Fsp3) is 0.833. The van der Waals surface area contributed by atoms with E-state index >= 15 is 0 Å². The number of carboxylic acids is 1. The Bertz CT molecular complexity index is 141. The number of aliphatic carboxylic acids is 1. The molecule has 1 atom stereocenters. The van der Waals surface area contributed by atoms with Gasteiger partial charge < -0.3 is 5.11 Å². The van der Waals surface area contributed by atoms with Crippen molar-refractivity contribution in [3.63, 3.8) is 0 Å². The number of hydrogen-bond donors (Lipinski definition) is 1. The Balaban J connectivity index is 3.63. The van der Waals surface area contributed by atoms with E-state index in [1.54, 1.807) is 0 Å². The van der Waals surface area contributed by atoms with Crippen LogP contribution in [-0.4, -0.2) is 17.3 Å². The van der Waals surface area contributed by atoms with E-state index in [9.17, 15) is 18.0 Å². The summed E-state index contributed by atoms with van der Waals surface area (Å²) in [6.07, 6.45) is -5.62. The van der Waals surface area contributed by atoms with E-state index in [-0.39, 0.29) is 6.42 Å². The minimum atomic E-state index is -4.25. The zero-order valence-electron chi connectivity index (χ0n) is 5.98. The highest BCUT2D eigenvalue weighted by atomic mass is 19.4. The van der Waals surface area contributed by atoms with Crippen LogP contribution in [0.1, 0.15) is 19.8 Å². The summed E-state index contributed by atoms with van der Waals surface area (Å²) in [6.45, 7) is 1.26. The van der Waals surface area contributed by atoms with Gasteiger partial charge in [0.05, 0.1) is 5.92 Å². The molecule has 0 aromatic carbocycles. The van der Waals surface area contributed by atoms with Crippen LogP contribution in [0.15, 0.2) is 0 Å². The van der Waals surface area contributed by atoms with Crippen LogP contribution in [0.4, 0.5) is 13.2 Å². The Hall–Kier alpha value is -0.740. The molecule has 2 nitrogen and oxygen atoms in total. The lowest BCUT2D eigenvalue weighted by molar-refractivity contribution is -0.148. The van der Waals surface area contributed by atoms with Gasteiger partial charge in [-0.25, -0.2) is 0 Å². The van der Waals surface area contributed by atoms with Crippen molar-refractivity contribution in [1.29, 1.82) is 0 Å². The van der Waals surface area contributed by atoms with Crippen LogP contribution in [0, 0.1) is 5.92 Å². The van der Waals surface area contributed by atoms with Crippen LogP contribution in [-0.2, 0) is 4.79 Å². The van der Waals surface area contributed by atoms with Gasteiger partial charge in [-0.05, 0) is 6.42 Å². The van der Waals surface area contributed by atoms with Gasteiger partial charge in [0, 0.05) is 6.42 Å². The van der Waals surface area contributed by atoms with Crippen molar-refractivity contribution in [2.45, 2.75) is 25.9 Å². The molecule has 0 amide bonds. The number of carbonyl (C=O) groups is 1. The van der Waals surface area contributed by atoms with Crippen molar-refractivity contribution in [3.05, 3.63) is 0 Å². The lowest BCUT2D eigenvalue weighted by Gasteiger charge is -2.07. The first kappa shape index (κ1) is 10.3. The quantitative estimate of drug-likeness (QED) is 0.703. The zero-order valence-corrected chi connectivity index (χ0v) is 5.98. The average molecular weight is 170 g/mol. The van der Waals surface area contributed by atoms with Gasteiger partial charge in [0.2, 0.25) is 0 Å². The molecular formula is C6H9F3O2. The summed E-state index contributed by atoms with van der Waals surface area (Å²) in [5.41, 5.74) is 0. The van der Waals surface area contributed by atoms with E-state index in [2.05, 4.69) is 0 Å². The van der Waals surface area contributed by atoms with Crippen LogP contribution >= 0.6 is 0 Å². The molecule has 0 aromatic rings. The lowest BCUT2D eigenvalue weighted by Crippen LogP contribution is -2.14. The molecule has 0 radical (unpaired) electrons. The van der Waals surface area contributed by atoms with E-state index < -0.39 is 24.5 Å². The second-order valence-electron chi connectivity index (χ2n) is 2.39. The maximum absolute atomic E-state index is 11.5. The predicted molar refractivity (Wildman–Crippen MR) is 32.1 cm³/mol. The highest BCUT2D eigenvalue weighted by Crippen LogP contribution is 2.23. The topological polar surface area (TPSA) is 37.3 Å². The predicted octanol–water partition coefficient (Wildman–Crippen LogP) is 2.05. The Morgan fingerprint density at radius 2 is 2.00 bits per heavy atom. The Morgan fingerprint density at radius 3 is 2.27 bits per heavy atom. The Labute approximate surface area is 62.0 Å². The summed E-state index contributed by atoms with van der Waals surface area (Å²) in [4.78, 5) is 10.0. The molecule has 1 N–H and O–H groups in total. The van der Waals surface area contributed by atoms with Gasteiger partial charge in [-0.2, -0.15) is 13.2 Å². The van der Waals surface area contributed by atoms with E-state index in [1.807, 2.05) is 0 Å². The number of rotatable bonds is 3. The zero-order chi connectivity index (χ0) is 9.07. The van der Waals surface area contributed by atoms with Crippen molar-refractivity contribution in [3.8, 4) is 0 Å². The molecular weight excluding hydrogens is 161 g/mol. The lowest BCUT2D eigenvalue weighted by atomic mass is 10.1. The second-order valence-corrected chi connectivity index (χ2v) is 2.39. The largest absolute Gasteiger partial charge is 0.481 e. The van der Waals surface area contributed by atoms with E-state index in [4.69, 9.17) is 5.11 Å². The molecule has 0 aliphatic carbocycles. The first-order valence-electron chi connectivity index (χ1n) is 3.12. The van der Waals surface area contributed by atoms with Gasteiger partial charge in [0.25, 0.3) is 0 Å². The Morgan fingerprint density at radius 1 is 1.55 bits per heavy atom.